The van der Waals surface area contributed by atoms with Crippen molar-refractivity contribution >= 4 is 47.8 Å². The summed E-state index contributed by atoms with van der Waals surface area (Å²) in [6.45, 7) is 4.92. The Morgan fingerprint density at radius 2 is 1.67 bits per heavy atom. The van der Waals surface area contributed by atoms with Crippen molar-refractivity contribution in [2.45, 2.75) is 19.9 Å². The second kappa shape index (κ2) is 7.36. The van der Waals surface area contributed by atoms with E-state index in [2.05, 4.69) is 79.1 Å². The van der Waals surface area contributed by atoms with Gasteiger partial charge in [0.05, 0.1) is 6.04 Å². The average Bonchev–Trinajstić information content (AvgIpc) is 2.41. The first kappa shape index (κ1) is 17.1. The van der Waals surface area contributed by atoms with Gasteiger partial charge in [0.2, 0.25) is 0 Å². The van der Waals surface area contributed by atoms with E-state index in [4.69, 9.17) is 0 Å². The summed E-state index contributed by atoms with van der Waals surface area (Å²) in [5, 5.41) is 3.46. The summed E-state index contributed by atoms with van der Waals surface area (Å²) in [4.78, 5) is 0. The van der Waals surface area contributed by atoms with Crippen LogP contribution in [0.25, 0.3) is 0 Å². The smallest absolute Gasteiger partial charge is 0.124 e. The van der Waals surface area contributed by atoms with Crippen molar-refractivity contribution in [3.63, 3.8) is 0 Å². The SMILES string of the molecule is CCNC(c1ccc(F)cc1Br)c1cc(Br)c(C)cc1Br. The summed E-state index contributed by atoms with van der Waals surface area (Å²) in [6.07, 6.45) is 0. The molecule has 0 aliphatic carbocycles. The number of nitrogens with one attached hydrogen (secondary N) is 1. The van der Waals surface area contributed by atoms with Crippen molar-refractivity contribution in [2.24, 2.45) is 0 Å². The Kier molecular flexibility index (Phi) is 6.00. The minimum atomic E-state index is -0.245. The van der Waals surface area contributed by atoms with Crippen LogP contribution in [0.15, 0.2) is 43.7 Å². The predicted molar refractivity (Wildman–Crippen MR) is 96.2 cm³/mol. The summed E-state index contributed by atoms with van der Waals surface area (Å²) in [5.41, 5.74) is 3.29. The molecule has 0 aliphatic rings. The number of hydrogen-bond acceptors (Lipinski definition) is 1. The van der Waals surface area contributed by atoms with Gasteiger partial charge in [-0.3, -0.25) is 0 Å². The van der Waals surface area contributed by atoms with Crippen LogP contribution in [-0.2, 0) is 0 Å². The normalized spacial score (nSPS) is 12.5. The molecule has 0 aromatic heterocycles. The van der Waals surface area contributed by atoms with Crippen LogP contribution in [0.5, 0.6) is 0 Å². The lowest BCUT2D eigenvalue weighted by molar-refractivity contribution is 0.609. The molecule has 2 rings (SSSR count). The standard InChI is InChI=1S/C16H15Br3FN/c1-3-21-16(11-5-4-10(20)7-15(11)19)12-8-13(17)9(2)6-14(12)18/h4-8,16,21H,3H2,1-2H3. The fraction of sp³-hybridized carbons (Fsp3) is 0.250. The maximum absolute atomic E-state index is 13.3. The van der Waals surface area contributed by atoms with Crippen molar-refractivity contribution in [3.05, 3.63) is 66.3 Å². The molecule has 112 valence electrons. The van der Waals surface area contributed by atoms with E-state index < -0.39 is 0 Å². The van der Waals surface area contributed by atoms with Gasteiger partial charge in [-0.05, 0) is 54.4 Å². The van der Waals surface area contributed by atoms with E-state index in [1.165, 1.54) is 17.7 Å². The van der Waals surface area contributed by atoms with Crippen LogP contribution in [0.4, 0.5) is 4.39 Å². The van der Waals surface area contributed by atoms with Gasteiger partial charge in [-0.25, -0.2) is 4.39 Å². The Labute approximate surface area is 149 Å². The minimum Gasteiger partial charge on any atom is -0.306 e. The summed E-state index contributed by atoms with van der Waals surface area (Å²) >= 11 is 10.7. The van der Waals surface area contributed by atoms with Crippen molar-refractivity contribution in [1.29, 1.82) is 0 Å². The van der Waals surface area contributed by atoms with Crippen molar-refractivity contribution in [1.82, 2.24) is 5.32 Å². The number of rotatable bonds is 4. The lowest BCUT2D eigenvalue weighted by atomic mass is 9.97. The number of benzene rings is 2. The molecule has 0 amide bonds. The van der Waals surface area contributed by atoms with Crippen LogP contribution < -0.4 is 5.32 Å². The molecule has 0 radical (unpaired) electrons. The van der Waals surface area contributed by atoms with Gasteiger partial charge in [0.25, 0.3) is 0 Å². The van der Waals surface area contributed by atoms with Gasteiger partial charge >= 0.3 is 0 Å². The molecule has 0 spiro atoms. The topological polar surface area (TPSA) is 12.0 Å². The Balaban J connectivity index is 2.55. The number of aryl methyl sites for hydroxylation is 1. The fourth-order valence-electron chi connectivity index (χ4n) is 2.21. The lowest BCUT2D eigenvalue weighted by Gasteiger charge is -2.22. The van der Waals surface area contributed by atoms with Crippen LogP contribution in [0.3, 0.4) is 0 Å². The summed E-state index contributed by atoms with van der Waals surface area (Å²) < 4.78 is 16.2. The van der Waals surface area contributed by atoms with Crippen LogP contribution in [0.1, 0.15) is 29.7 Å². The van der Waals surface area contributed by atoms with Gasteiger partial charge in [-0.2, -0.15) is 0 Å². The Hall–Kier alpha value is -0.230. The highest BCUT2D eigenvalue weighted by atomic mass is 79.9. The van der Waals surface area contributed by atoms with Crippen LogP contribution in [0.2, 0.25) is 0 Å². The molecular weight excluding hydrogens is 465 g/mol. The second-order valence-corrected chi connectivity index (χ2v) is 7.34. The third-order valence-corrected chi connectivity index (χ3v) is 5.50. The molecule has 1 atom stereocenters. The zero-order chi connectivity index (χ0) is 15.6. The minimum absolute atomic E-state index is 0.0174. The molecular formula is C16H15Br3FN. The molecule has 0 saturated carbocycles. The van der Waals surface area contributed by atoms with Gasteiger partial charge in [0, 0.05) is 13.4 Å². The molecule has 0 bridgehead atoms. The highest BCUT2D eigenvalue weighted by molar-refractivity contribution is 9.11. The first-order valence-electron chi connectivity index (χ1n) is 6.58. The van der Waals surface area contributed by atoms with Gasteiger partial charge in [-0.15, -0.1) is 0 Å². The number of halogens is 4. The van der Waals surface area contributed by atoms with Gasteiger partial charge in [0.15, 0.2) is 0 Å². The zero-order valence-electron chi connectivity index (χ0n) is 11.7. The Morgan fingerprint density at radius 1 is 1.00 bits per heavy atom. The highest BCUT2D eigenvalue weighted by Crippen LogP contribution is 2.35. The van der Waals surface area contributed by atoms with Crippen molar-refractivity contribution in [2.75, 3.05) is 6.54 Å². The Morgan fingerprint density at radius 3 is 2.29 bits per heavy atom. The molecule has 2 aromatic rings. The zero-order valence-corrected chi connectivity index (χ0v) is 16.4. The van der Waals surface area contributed by atoms with Gasteiger partial charge in [-0.1, -0.05) is 60.8 Å². The first-order valence-corrected chi connectivity index (χ1v) is 8.95. The highest BCUT2D eigenvalue weighted by Gasteiger charge is 2.19. The van der Waals surface area contributed by atoms with Crippen molar-refractivity contribution in [3.8, 4) is 0 Å². The van der Waals surface area contributed by atoms with Gasteiger partial charge < -0.3 is 5.32 Å². The predicted octanol–water partition coefficient (Wildman–Crippen LogP) is 6.12. The third kappa shape index (κ3) is 3.95. The lowest BCUT2D eigenvalue weighted by Crippen LogP contribution is -2.23. The van der Waals surface area contributed by atoms with Crippen LogP contribution in [-0.4, -0.2) is 6.54 Å². The molecule has 0 saturated heterocycles. The van der Waals surface area contributed by atoms with E-state index in [0.29, 0.717) is 0 Å². The van der Waals surface area contributed by atoms with E-state index in [1.807, 2.05) is 6.07 Å². The second-order valence-electron chi connectivity index (χ2n) is 4.78. The van der Waals surface area contributed by atoms with Crippen LogP contribution in [0, 0.1) is 12.7 Å². The summed E-state index contributed by atoms with van der Waals surface area (Å²) in [6, 6.07) is 8.96. The van der Waals surface area contributed by atoms with E-state index in [0.717, 1.165) is 31.1 Å². The van der Waals surface area contributed by atoms with E-state index in [1.54, 1.807) is 0 Å². The van der Waals surface area contributed by atoms with E-state index >= 15 is 0 Å². The molecule has 21 heavy (non-hydrogen) atoms. The molecule has 1 N–H and O–H groups in total. The quantitative estimate of drug-likeness (QED) is 0.557. The maximum atomic E-state index is 13.3. The molecule has 1 unspecified atom stereocenters. The first-order chi connectivity index (χ1) is 9.93. The average molecular weight is 480 g/mol. The maximum Gasteiger partial charge on any atom is 0.124 e. The van der Waals surface area contributed by atoms with E-state index in [-0.39, 0.29) is 11.9 Å². The van der Waals surface area contributed by atoms with Crippen molar-refractivity contribution < 1.29 is 4.39 Å². The third-order valence-electron chi connectivity index (χ3n) is 3.27. The number of hydrogen-bond donors (Lipinski definition) is 1. The van der Waals surface area contributed by atoms with E-state index in [9.17, 15) is 4.39 Å². The molecule has 0 fully saturated rings. The summed E-state index contributed by atoms with van der Waals surface area (Å²) in [7, 11) is 0. The molecule has 1 nitrogen and oxygen atoms in total. The fourth-order valence-corrected chi connectivity index (χ4v) is 3.84. The summed E-state index contributed by atoms with van der Waals surface area (Å²) in [5.74, 6) is -0.245. The molecule has 0 heterocycles. The monoisotopic (exact) mass is 477 g/mol. The van der Waals surface area contributed by atoms with Gasteiger partial charge in [0.1, 0.15) is 5.82 Å². The molecule has 5 heteroatoms. The Bertz CT molecular complexity index is 658. The molecule has 0 aliphatic heterocycles. The van der Waals surface area contributed by atoms with Crippen LogP contribution >= 0.6 is 47.8 Å². The molecule has 2 aromatic carbocycles. The largest absolute Gasteiger partial charge is 0.306 e.